The molecule has 2 N–H and O–H groups in total. The van der Waals surface area contributed by atoms with Crippen molar-refractivity contribution in [1.29, 1.82) is 0 Å². The van der Waals surface area contributed by atoms with Crippen LogP contribution < -0.4 is 0 Å². The van der Waals surface area contributed by atoms with Gasteiger partial charge >= 0.3 is 5.97 Å². The van der Waals surface area contributed by atoms with E-state index in [2.05, 4.69) is 15.1 Å². The standard InChI is InChI=1S/C22H25FN4O3/c23-17-6-2-5-14(7-17)20-18-12-26(9-15-8-24-25-19(15)22(29)30)10-16(18)11-27(20)21(28)13-3-1-4-13/h2,5-8,13,16,18,20H,1,3-4,9-12H2,(H,24,25)(H,29,30)/t16-,18-,20+/m0/s1. The van der Waals surface area contributed by atoms with Gasteiger partial charge in [-0.25, -0.2) is 9.18 Å². The van der Waals surface area contributed by atoms with E-state index >= 15 is 0 Å². The molecule has 1 aromatic carbocycles. The van der Waals surface area contributed by atoms with E-state index in [-0.39, 0.29) is 35.3 Å². The summed E-state index contributed by atoms with van der Waals surface area (Å²) in [5, 5.41) is 15.7. The summed E-state index contributed by atoms with van der Waals surface area (Å²) < 4.78 is 14.0. The molecule has 30 heavy (non-hydrogen) atoms. The van der Waals surface area contributed by atoms with E-state index in [1.165, 1.54) is 6.07 Å². The molecule has 1 aromatic heterocycles. The predicted octanol–water partition coefficient (Wildman–Crippen LogP) is 2.68. The summed E-state index contributed by atoms with van der Waals surface area (Å²) in [4.78, 5) is 28.7. The molecule has 0 bridgehead atoms. The van der Waals surface area contributed by atoms with Crippen LogP contribution in [0.15, 0.2) is 30.5 Å². The van der Waals surface area contributed by atoms with Crippen molar-refractivity contribution in [1.82, 2.24) is 20.0 Å². The molecule has 3 fully saturated rings. The van der Waals surface area contributed by atoms with Crippen molar-refractivity contribution in [2.75, 3.05) is 19.6 Å². The first kappa shape index (κ1) is 19.2. The van der Waals surface area contributed by atoms with Crippen molar-refractivity contribution in [2.45, 2.75) is 31.8 Å². The number of hydrogen-bond donors (Lipinski definition) is 2. The number of carboxylic acid groups (broad SMARTS) is 1. The number of halogens is 1. The molecule has 0 spiro atoms. The van der Waals surface area contributed by atoms with Gasteiger partial charge in [-0.3, -0.25) is 14.8 Å². The van der Waals surface area contributed by atoms with Crippen molar-refractivity contribution in [2.24, 2.45) is 17.8 Å². The molecule has 0 unspecified atom stereocenters. The fourth-order valence-electron chi connectivity index (χ4n) is 5.36. The summed E-state index contributed by atoms with van der Waals surface area (Å²) in [6.45, 7) is 2.70. The number of amides is 1. The van der Waals surface area contributed by atoms with Crippen LogP contribution in [0.3, 0.4) is 0 Å². The summed E-state index contributed by atoms with van der Waals surface area (Å²) in [6, 6.07) is 6.48. The molecule has 3 atom stereocenters. The lowest BCUT2D eigenvalue weighted by atomic mass is 9.83. The van der Waals surface area contributed by atoms with Crippen molar-refractivity contribution in [3.63, 3.8) is 0 Å². The number of aromatic nitrogens is 2. The maximum absolute atomic E-state index is 14.0. The van der Waals surface area contributed by atoms with Crippen LogP contribution in [0.5, 0.6) is 0 Å². The van der Waals surface area contributed by atoms with Crippen molar-refractivity contribution in [3.8, 4) is 0 Å². The number of H-pyrrole nitrogens is 1. The van der Waals surface area contributed by atoms with Gasteiger partial charge in [-0.15, -0.1) is 0 Å². The highest BCUT2D eigenvalue weighted by Crippen LogP contribution is 2.47. The molecule has 2 aromatic rings. The number of hydrogen-bond acceptors (Lipinski definition) is 4. The number of aromatic carboxylic acids is 1. The van der Waals surface area contributed by atoms with Crippen LogP contribution in [-0.2, 0) is 11.3 Å². The third-order valence-corrected chi connectivity index (χ3v) is 6.99. The lowest BCUT2D eigenvalue weighted by Crippen LogP contribution is -2.41. The quantitative estimate of drug-likeness (QED) is 0.788. The summed E-state index contributed by atoms with van der Waals surface area (Å²) in [5.41, 5.74) is 1.63. The summed E-state index contributed by atoms with van der Waals surface area (Å²) >= 11 is 0. The maximum atomic E-state index is 14.0. The Morgan fingerprint density at radius 2 is 2.07 bits per heavy atom. The van der Waals surface area contributed by atoms with Gasteiger partial charge in [0.25, 0.3) is 0 Å². The second kappa shape index (κ2) is 7.50. The lowest BCUT2D eigenvalue weighted by molar-refractivity contribution is -0.139. The molecule has 3 heterocycles. The number of aromatic amines is 1. The molecular weight excluding hydrogens is 387 g/mol. The van der Waals surface area contributed by atoms with Gasteiger partial charge < -0.3 is 10.0 Å². The Kier molecular flexibility index (Phi) is 4.81. The molecule has 2 aliphatic heterocycles. The molecule has 0 radical (unpaired) electrons. The minimum absolute atomic E-state index is 0.111. The maximum Gasteiger partial charge on any atom is 0.354 e. The minimum Gasteiger partial charge on any atom is -0.477 e. The van der Waals surface area contributed by atoms with Gasteiger partial charge in [0.1, 0.15) is 11.5 Å². The number of rotatable bonds is 5. The van der Waals surface area contributed by atoms with E-state index < -0.39 is 5.97 Å². The van der Waals surface area contributed by atoms with Crippen LogP contribution >= 0.6 is 0 Å². The molecule has 7 nitrogen and oxygen atoms in total. The van der Waals surface area contributed by atoms with Gasteiger partial charge in [0.2, 0.25) is 5.91 Å². The van der Waals surface area contributed by atoms with E-state index in [1.807, 2.05) is 11.0 Å². The van der Waals surface area contributed by atoms with E-state index in [0.717, 1.165) is 37.9 Å². The molecule has 1 amide bonds. The molecule has 2 saturated heterocycles. The van der Waals surface area contributed by atoms with Gasteiger partial charge in [-0.1, -0.05) is 18.6 Å². The first-order valence-corrected chi connectivity index (χ1v) is 10.5. The monoisotopic (exact) mass is 412 g/mol. The van der Waals surface area contributed by atoms with Crippen molar-refractivity contribution < 1.29 is 19.1 Å². The highest BCUT2D eigenvalue weighted by atomic mass is 19.1. The number of nitrogens with one attached hydrogen (secondary N) is 1. The van der Waals surface area contributed by atoms with Crippen LogP contribution in [0, 0.1) is 23.6 Å². The third kappa shape index (κ3) is 3.29. The molecule has 8 heteroatoms. The minimum atomic E-state index is -1.02. The Morgan fingerprint density at radius 1 is 1.23 bits per heavy atom. The smallest absolute Gasteiger partial charge is 0.354 e. The molecule has 1 saturated carbocycles. The first-order chi connectivity index (χ1) is 14.5. The van der Waals surface area contributed by atoms with Gasteiger partial charge in [-0.05, 0) is 36.5 Å². The van der Waals surface area contributed by atoms with Gasteiger partial charge in [-0.2, -0.15) is 5.10 Å². The number of nitrogens with zero attached hydrogens (tertiary/aromatic N) is 3. The van der Waals surface area contributed by atoms with E-state index in [0.29, 0.717) is 24.6 Å². The van der Waals surface area contributed by atoms with Gasteiger partial charge in [0.05, 0.1) is 12.2 Å². The fraction of sp³-hybridized carbons (Fsp3) is 0.500. The first-order valence-electron chi connectivity index (χ1n) is 10.5. The second-order valence-electron chi connectivity index (χ2n) is 8.81. The number of fused-ring (bicyclic) bond motifs is 1. The van der Waals surface area contributed by atoms with Crippen LogP contribution in [0.4, 0.5) is 4.39 Å². The predicted molar refractivity (Wildman–Crippen MR) is 106 cm³/mol. The highest BCUT2D eigenvalue weighted by Gasteiger charge is 2.50. The van der Waals surface area contributed by atoms with E-state index in [9.17, 15) is 19.1 Å². The Labute approximate surface area is 173 Å². The number of benzene rings is 1. The zero-order valence-electron chi connectivity index (χ0n) is 16.6. The Morgan fingerprint density at radius 3 is 2.77 bits per heavy atom. The number of carbonyl (C=O) groups is 2. The number of carbonyl (C=O) groups excluding carboxylic acids is 1. The normalized spacial score (nSPS) is 26.6. The van der Waals surface area contributed by atoms with Crippen molar-refractivity contribution >= 4 is 11.9 Å². The lowest BCUT2D eigenvalue weighted by Gasteiger charge is -2.35. The third-order valence-electron chi connectivity index (χ3n) is 6.99. The zero-order chi connectivity index (χ0) is 20.8. The molecule has 1 aliphatic carbocycles. The Balaban J connectivity index is 1.38. The molecular formula is C22H25FN4O3. The van der Waals surface area contributed by atoms with E-state index in [4.69, 9.17) is 0 Å². The Hall–Kier alpha value is -2.74. The number of carboxylic acids is 1. The van der Waals surface area contributed by atoms with Gasteiger partial charge in [0, 0.05) is 43.6 Å². The Bertz CT molecular complexity index is 973. The van der Waals surface area contributed by atoms with E-state index in [1.54, 1.807) is 18.3 Å². The van der Waals surface area contributed by atoms with Crippen LogP contribution in [-0.4, -0.2) is 56.6 Å². The summed E-state index contributed by atoms with van der Waals surface area (Å²) in [7, 11) is 0. The zero-order valence-corrected chi connectivity index (χ0v) is 16.6. The average Bonchev–Trinajstić information content (AvgIpc) is 3.34. The van der Waals surface area contributed by atoms with Crippen LogP contribution in [0.1, 0.15) is 46.9 Å². The van der Waals surface area contributed by atoms with Crippen LogP contribution in [0.2, 0.25) is 0 Å². The van der Waals surface area contributed by atoms with Crippen molar-refractivity contribution in [3.05, 3.63) is 53.1 Å². The second-order valence-corrected chi connectivity index (χ2v) is 8.81. The summed E-state index contributed by atoms with van der Waals surface area (Å²) in [5.74, 6) is -0.485. The molecule has 158 valence electrons. The highest BCUT2D eigenvalue weighted by molar-refractivity contribution is 5.86. The van der Waals surface area contributed by atoms with Gasteiger partial charge in [0.15, 0.2) is 0 Å². The molecule has 3 aliphatic rings. The SMILES string of the molecule is O=C(O)c1[nH]ncc1CN1C[C@H]2CN(C(=O)C3CCC3)[C@H](c3cccc(F)c3)[C@H]2C1. The fourth-order valence-corrected chi connectivity index (χ4v) is 5.36. The largest absolute Gasteiger partial charge is 0.477 e. The topological polar surface area (TPSA) is 89.5 Å². The molecule has 5 rings (SSSR count). The summed E-state index contributed by atoms with van der Waals surface area (Å²) in [6.07, 6.45) is 4.57. The average molecular weight is 412 g/mol. The number of likely N-dealkylation sites (tertiary alicyclic amines) is 2. The van der Waals surface area contributed by atoms with Crippen LogP contribution in [0.25, 0.3) is 0 Å².